The Kier molecular flexibility index (Phi) is 5.48. The monoisotopic (exact) mass is 305 g/mol. The lowest BCUT2D eigenvalue weighted by Gasteiger charge is -2.08. The van der Waals surface area contributed by atoms with Gasteiger partial charge in [0.2, 0.25) is 0 Å². The summed E-state index contributed by atoms with van der Waals surface area (Å²) in [5.74, 6) is -0.281. The van der Waals surface area contributed by atoms with E-state index in [-0.39, 0.29) is 12.3 Å². The van der Waals surface area contributed by atoms with E-state index in [0.717, 1.165) is 11.3 Å². The number of carboxylic acids is 1. The fraction of sp³-hybridized carbons (Fsp3) is 0.400. The molecule has 0 fully saturated rings. The molecule has 0 atom stereocenters. The second-order valence-corrected chi connectivity index (χ2v) is 4.86. The third-order valence-corrected chi connectivity index (χ3v) is 3.09. The second kappa shape index (κ2) is 7.56. The van der Waals surface area contributed by atoms with Gasteiger partial charge in [-0.3, -0.25) is 0 Å². The van der Waals surface area contributed by atoms with Crippen LogP contribution in [-0.4, -0.2) is 39.8 Å². The van der Waals surface area contributed by atoms with Crippen LogP contribution in [0.1, 0.15) is 28.2 Å². The Balaban J connectivity index is 1.90. The van der Waals surface area contributed by atoms with Crippen molar-refractivity contribution in [3.8, 4) is 5.75 Å². The number of rotatable bonds is 8. The Morgan fingerprint density at radius 2 is 2.23 bits per heavy atom. The number of hydrogen-bond donors (Lipinski definition) is 1. The number of methoxy groups -OCH3 is 1. The number of carboxylic acid groups (broad SMARTS) is 1. The first-order chi connectivity index (χ1) is 10.6. The van der Waals surface area contributed by atoms with Gasteiger partial charge in [-0.2, -0.15) is 0 Å². The first kappa shape index (κ1) is 16.0. The van der Waals surface area contributed by atoms with Crippen LogP contribution in [0.2, 0.25) is 0 Å². The van der Waals surface area contributed by atoms with Gasteiger partial charge in [0, 0.05) is 20.1 Å². The summed E-state index contributed by atoms with van der Waals surface area (Å²) in [4.78, 5) is 11.1. The van der Waals surface area contributed by atoms with E-state index in [1.807, 2.05) is 31.2 Å². The van der Waals surface area contributed by atoms with Crippen molar-refractivity contribution in [2.24, 2.45) is 0 Å². The largest absolute Gasteiger partial charge is 0.494 e. The van der Waals surface area contributed by atoms with Crippen LogP contribution < -0.4 is 4.74 Å². The molecule has 1 heterocycles. The standard InChI is InChI=1S/C15H19N3O4/c1-11-5-3-6-12(9-11)22-8-4-7-18-13(10-21-2)14(15(19)20)16-17-18/h3,5-6,9H,4,7-8,10H2,1-2H3,(H,19,20). The Morgan fingerprint density at radius 1 is 1.41 bits per heavy atom. The summed E-state index contributed by atoms with van der Waals surface area (Å²) < 4.78 is 12.2. The van der Waals surface area contributed by atoms with Crippen molar-refractivity contribution in [2.45, 2.75) is 26.5 Å². The van der Waals surface area contributed by atoms with Crippen molar-refractivity contribution >= 4 is 5.97 Å². The number of carbonyl (C=O) groups is 1. The molecule has 2 rings (SSSR count). The van der Waals surface area contributed by atoms with Gasteiger partial charge in [-0.25, -0.2) is 9.48 Å². The van der Waals surface area contributed by atoms with Crippen molar-refractivity contribution in [2.75, 3.05) is 13.7 Å². The molecule has 0 aliphatic heterocycles. The summed E-state index contributed by atoms with van der Waals surface area (Å²) in [6.07, 6.45) is 0.688. The predicted octanol–water partition coefficient (Wildman–Crippen LogP) is 1.90. The van der Waals surface area contributed by atoms with Gasteiger partial charge < -0.3 is 14.6 Å². The third kappa shape index (κ3) is 4.05. The Labute approximate surface area is 128 Å². The quantitative estimate of drug-likeness (QED) is 0.750. The van der Waals surface area contributed by atoms with Gasteiger partial charge in [0.15, 0.2) is 5.69 Å². The van der Waals surface area contributed by atoms with E-state index in [9.17, 15) is 4.79 Å². The summed E-state index contributed by atoms with van der Waals surface area (Å²) in [6.45, 7) is 3.20. The van der Waals surface area contributed by atoms with Crippen LogP contribution in [-0.2, 0) is 17.9 Å². The first-order valence-electron chi connectivity index (χ1n) is 6.96. The van der Waals surface area contributed by atoms with E-state index < -0.39 is 5.97 Å². The molecular weight excluding hydrogens is 286 g/mol. The van der Waals surface area contributed by atoms with Crippen LogP contribution in [0.4, 0.5) is 0 Å². The van der Waals surface area contributed by atoms with E-state index in [1.165, 1.54) is 7.11 Å². The summed E-state index contributed by atoms with van der Waals surface area (Å²) in [7, 11) is 1.50. The smallest absolute Gasteiger partial charge is 0.358 e. The zero-order valence-electron chi connectivity index (χ0n) is 12.7. The molecule has 0 bridgehead atoms. The fourth-order valence-corrected chi connectivity index (χ4v) is 2.07. The van der Waals surface area contributed by atoms with E-state index >= 15 is 0 Å². The third-order valence-electron chi connectivity index (χ3n) is 3.09. The molecule has 7 nitrogen and oxygen atoms in total. The average Bonchev–Trinajstić information content (AvgIpc) is 2.87. The molecule has 1 aromatic carbocycles. The van der Waals surface area contributed by atoms with Crippen molar-refractivity contribution < 1.29 is 19.4 Å². The maximum Gasteiger partial charge on any atom is 0.358 e. The van der Waals surface area contributed by atoms with Crippen molar-refractivity contribution in [3.63, 3.8) is 0 Å². The van der Waals surface area contributed by atoms with E-state index in [0.29, 0.717) is 25.3 Å². The van der Waals surface area contributed by atoms with Gasteiger partial charge >= 0.3 is 5.97 Å². The molecule has 0 aliphatic rings. The summed E-state index contributed by atoms with van der Waals surface area (Å²) in [6, 6.07) is 7.82. The number of aromatic nitrogens is 3. The number of nitrogens with zero attached hydrogens (tertiary/aromatic N) is 3. The minimum absolute atomic E-state index is 0.0681. The fourth-order valence-electron chi connectivity index (χ4n) is 2.07. The molecular formula is C15H19N3O4. The van der Waals surface area contributed by atoms with Gasteiger partial charge in [0.1, 0.15) is 5.75 Å². The number of hydrogen-bond acceptors (Lipinski definition) is 5. The molecule has 0 saturated heterocycles. The SMILES string of the molecule is COCc1c(C(=O)O)nnn1CCCOc1cccc(C)c1. The summed E-state index contributed by atoms with van der Waals surface area (Å²) in [5, 5.41) is 16.6. The zero-order chi connectivity index (χ0) is 15.9. The molecule has 0 unspecified atom stereocenters. The van der Waals surface area contributed by atoms with Crippen LogP contribution in [0.3, 0.4) is 0 Å². The van der Waals surface area contributed by atoms with Gasteiger partial charge in [-0.1, -0.05) is 17.3 Å². The van der Waals surface area contributed by atoms with Crippen LogP contribution in [0.5, 0.6) is 5.75 Å². The topological polar surface area (TPSA) is 86.5 Å². The lowest BCUT2D eigenvalue weighted by molar-refractivity contribution is 0.0684. The Bertz CT molecular complexity index is 639. The van der Waals surface area contributed by atoms with Crippen LogP contribution in [0.15, 0.2) is 24.3 Å². The maximum atomic E-state index is 11.1. The highest BCUT2D eigenvalue weighted by Gasteiger charge is 2.18. The molecule has 2 aromatic rings. The van der Waals surface area contributed by atoms with Crippen LogP contribution in [0, 0.1) is 6.92 Å². The summed E-state index contributed by atoms with van der Waals surface area (Å²) >= 11 is 0. The second-order valence-electron chi connectivity index (χ2n) is 4.86. The minimum Gasteiger partial charge on any atom is -0.494 e. The van der Waals surface area contributed by atoms with Crippen LogP contribution in [0.25, 0.3) is 0 Å². The maximum absolute atomic E-state index is 11.1. The number of aryl methyl sites for hydroxylation is 2. The molecule has 0 aliphatic carbocycles. The highest BCUT2D eigenvalue weighted by molar-refractivity contribution is 5.86. The number of benzene rings is 1. The molecule has 1 aromatic heterocycles. The molecule has 0 radical (unpaired) electrons. The lowest BCUT2D eigenvalue weighted by Crippen LogP contribution is -2.11. The van der Waals surface area contributed by atoms with Crippen LogP contribution >= 0.6 is 0 Å². The molecule has 0 saturated carbocycles. The zero-order valence-corrected chi connectivity index (χ0v) is 12.7. The number of aromatic carboxylic acids is 1. The Hall–Kier alpha value is -2.41. The highest BCUT2D eigenvalue weighted by Crippen LogP contribution is 2.13. The van der Waals surface area contributed by atoms with Gasteiger partial charge in [0.25, 0.3) is 0 Å². The average molecular weight is 305 g/mol. The van der Waals surface area contributed by atoms with Gasteiger partial charge in [-0.15, -0.1) is 5.10 Å². The van der Waals surface area contributed by atoms with E-state index in [4.69, 9.17) is 14.6 Å². The lowest BCUT2D eigenvalue weighted by atomic mass is 10.2. The molecule has 1 N–H and O–H groups in total. The molecule has 7 heteroatoms. The first-order valence-corrected chi connectivity index (χ1v) is 6.96. The van der Waals surface area contributed by atoms with Crippen molar-refractivity contribution in [1.82, 2.24) is 15.0 Å². The van der Waals surface area contributed by atoms with Gasteiger partial charge in [-0.05, 0) is 24.6 Å². The molecule has 0 amide bonds. The molecule has 118 valence electrons. The molecule has 22 heavy (non-hydrogen) atoms. The van der Waals surface area contributed by atoms with Gasteiger partial charge in [0.05, 0.1) is 18.9 Å². The van der Waals surface area contributed by atoms with E-state index in [1.54, 1.807) is 4.68 Å². The normalized spacial score (nSPS) is 10.6. The molecule has 0 spiro atoms. The Morgan fingerprint density at radius 3 is 2.91 bits per heavy atom. The predicted molar refractivity (Wildman–Crippen MR) is 79.0 cm³/mol. The minimum atomic E-state index is -1.10. The number of ether oxygens (including phenoxy) is 2. The van der Waals surface area contributed by atoms with E-state index in [2.05, 4.69) is 10.3 Å². The van der Waals surface area contributed by atoms with Crippen molar-refractivity contribution in [3.05, 3.63) is 41.2 Å². The highest BCUT2D eigenvalue weighted by atomic mass is 16.5. The summed E-state index contributed by atoms with van der Waals surface area (Å²) in [5.41, 5.74) is 1.54. The van der Waals surface area contributed by atoms with Crippen molar-refractivity contribution in [1.29, 1.82) is 0 Å².